The number of aromatic nitrogens is 4. The maximum absolute atomic E-state index is 4.79. The number of para-hydroxylation sites is 3. The standard InChI is InChI=1S/C23H18N6/c1-3-9-17(10-4-1)22-18(16-29(28-22)19-11-5-2-6-12-19)15-24-27-23-25-20-13-7-8-14-21(20)26-23/h1-16H,(H2,25,26,27)/b24-15+. The second kappa shape index (κ2) is 7.44. The average molecular weight is 378 g/mol. The van der Waals surface area contributed by atoms with E-state index in [2.05, 4.69) is 20.5 Å². The summed E-state index contributed by atoms with van der Waals surface area (Å²) in [6, 6.07) is 28.0. The zero-order valence-corrected chi connectivity index (χ0v) is 15.5. The first-order valence-electron chi connectivity index (χ1n) is 9.31. The Labute approximate surface area is 167 Å². The number of anilines is 1. The van der Waals surface area contributed by atoms with Crippen molar-refractivity contribution in [1.82, 2.24) is 19.7 Å². The number of nitrogens with one attached hydrogen (secondary N) is 2. The Morgan fingerprint density at radius 1 is 0.862 bits per heavy atom. The van der Waals surface area contributed by atoms with Gasteiger partial charge in [-0.05, 0) is 24.3 Å². The Balaban J connectivity index is 1.47. The lowest BCUT2D eigenvalue weighted by Gasteiger charge is -2.00. The molecule has 0 radical (unpaired) electrons. The summed E-state index contributed by atoms with van der Waals surface area (Å²) in [7, 11) is 0. The van der Waals surface area contributed by atoms with E-state index in [9.17, 15) is 0 Å². The van der Waals surface area contributed by atoms with E-state index >= 15 is 0 Å². The van der Waals surface area contributed by atoms with E-state index in [0.717, 1.165) is 33.5 Å². The average Bonchev–Trinajstić information content (AvgIpc) is 3.39. The molecule has 0 bridgehead atoms. The van der Waals surface area contributed by atoms with Gasteiger partial charge in [-0.2, -0.15) is 10.2 Å². The number of rotatable bonds is 5. The summed E-state index contributed by atoms with van der Waals surface area (Å²) in [6.45, 7) is 0. The third-order valence-corrected chi connectivity index (χ3v) is 4.57. The van der Waals surface area contributed by atoms with E-state index in [-0.39, 0.29) is 0 Å². The summed E-state index contributed by atoms with van der Waals surface area (Å²) in [5.41, 5.74) is 8.64. The van der Waals surface area contributed by atoms with E-state index < -0.39 is 0 Å². The molecule has 29 heavy (non-hydrogen) atoms. The number of hydrogen-bond donors (Lipinski definition) is 2. The van der Waals surface area contributed by atoms with Crippen LogP contribution in [0.3, 0.4) is 0 Å². The van der Waals surface area contributed by atoms with E-state index in [0.29, 0.717) is 5.95 Å². The van der Waals surface area contributed by atoms with Crippen LogP contribution < -0.4 is 5.43 Å². The molecular weight excluding hydrogens is 360 g/mol. The molecule has 0 saturated heterocycles. The van der Waals surface area contributed by atoms with Gasteiger partial charge in [0.15, 0.2) is 0 Å². The van der Waals surface area contributed by atoms with Crippen molar-refractivity contribution in [3.63, 3.8) is 0 Å². The molecule has 140 valence electrons. The molecule has 0 atom stereocenters. The van der Waals surface area contributed by atoms with Gasteiger partial charge in [-0.15, -0.1) is 0 Å². The highest BCUT2D eigenvalue weighted by Gasteiger charge is 2.11. The van der Waals surface area contributed by atoms with Gasteiger partial charge in [-0.3, -0.25) is 0 Å². The highest BCUT2D eigenvalue weighted by atomic mass is 15.4. The van der Waals surface area contributed by atoms with Crippen molar-refractivity contribution in [3.05, 3.63) is 96.7 Å². The van der Waals surface area contributed by atoms with Gasteiger partial charge in [0.2, 0.25) is 5.95 Å². The topological polar surface area (TPSA) is 70.9 Å². The molecule has 0 fully saturated rings. The minimum Gasteiger partial charge on any atom is -0.323 e. The van der Waals surface area contributed by atoms with Crippen molar-refractivity contribution in [2.24, 2.45) is 5.10 Å². The minimum absolute atomic E-state index is 0.596. The zero-order chi connectivity index (χ0) is 19.5. The Morgan fingerprint density at radius 3 is 2.38 bits per heavy atom. The van der Waals surface area contributed by atoms with Gasteiger partial charge < -0.3 is 4.98 Å². The summed E-state index contributed by atoms with van der Waals surface area (Å²) in [6.07, 6.45) is 3.74. The molecule has 6 nitrogen and oxygen atoms in total. The summed E-state index contributed by atoms with van der Waals surface area (Å²) in [5.74, 6) is 0.596. The molecule has 0 unspecified atom stereocenters. The second-order valence-corrected chi connectivity index (χ2v) is 6.55. The predicted octanol–water partition coefficient (Wildman–Crippen LogP) is 4.86. The molecule has 0 aliphatic carbocycles. The number of aromatic amines is 1. The summed E-state index contributed by atoms with van der Waals surface area (Å²) < 4.78 is 1.87. The largest absolute Gasteiger partial charge is 0.323 e. The second-order valence-electron chi connectivity index (χ2n) is 6.55. The third kappa shape index (κ3) is 3.51. The van der Waals surface area contributed by atoms with Crippen LogP contribution in [0, 0.1) is 0 Å². The van der Waals surface area contributed by atoms with Crippen LogP contribution in [-0.2, 0) is 0 Å². The molecule has 0 saturated carbocycles. The van der Waals surface area contributed by atoms with Crippen LogP contribution in [0.1, 0.15) is 5.56 Å². The van der Waals surface area contributed by atoms with Gasteiger partial charge in [-0.1, -0.05) is 60.7 Å². The lowest BCUT2D eigenvalue weighted by atomic mass is 10.1. The van der Waals surface area contributed by atoms with Crippen LogP contribution in [0.4, 0.5) is 5.95 Å². The Morgan fingerprint density at radius 2 is 1.59 bits per heavy atom. The molecular formula is C23H18N6. The Hall–Kier alpha value is -4.19. The van der Waals surface area contributed by atoms with Gasteiger partial charge in [0.1, 0.15) is 5.69 Å². The highest BCUT2D eigenvalue weighted by Crippen LogP contribution is 2.22. The smallest absolute Gasteiger partial charge is 0.222 e. The monoisotopic (exact) mass is 378 g/mol. The lowest BCUT2D eigenvalue weighted by molar-refractivity contribution is 0.884. The van der Waals surface area contributed by atoms with Crippen LogP contribution in [-0.4, -0.2) is 26.0 Å². The van der Waals surface area contributed by atoms with Crippen LogP contribution in [0.2, 0.25) is 0 Å². The molecule has 5 aromatic rings. The number of benzene rings is 3. The lowest BCUT2D eigenvalue weighted by Crippen LogP contribution is -1.93. The van der Waals surface area contributed by atoms with Gasteiger partial charge in [0, 0.05) is 17.3 Å². The molecule has 6 heteroatoms. The first kappa shape index (κ1) is 16.9. The molecule has 2 N–H and O–H groups in total. The van der Waals surface area contributed by atoms with Crippen molar-refractivity contribution in [2.75, 3.05) is 5.43 Å². The molecule has 3 aromatic carbocycles. The van der Waals surface area contributed by atoms with Crippen LogP contribution in [0.25, 0.3) is 28.0 Å². The fourth-order valence-corrected chi connectivity index (χ4v) is 3.18. The number of imidazole rings is 1. The van der Waals surface area contributed by atoms with Crippen LogP contribution in [0.15, 0.2) is 96.2 Å². The fourth-order valence-electron chi connectivity index (χ4n) is 3.18. The van der Waals surface area contributed by atoms with Gasteiger partial charge in [0.25, 0.3) is 0 Å². The van der Waals surface area contributed by atoms with Gasteiger partial charge in [0.05, 0.1) is 22.9 Å². The van der Waals surface area contributed by atoms with Crippen LogP contribution >= 0.6 is 0 Å². The predicted molar refractivity (Wildman–Crippen MR) is 116 cm³/mol. The quantitative estimate of drug-likeness (QED) is 0.339. The number of hydrogen-bond acceptors (Lipinski definition) is 4. The van der Waals surface area contributed by atoms with E-state index in [1.54, 1.807) is 6.21 Å². The number of hydrazone groups is 1. The first-order chi connectivity index (χ1) is 14.4. The van der Waals surface area contributed by atoms with E-state index in [4.69, 9.17) is 5.10 Å². The van der Waals surface area contributed by atoms with Crippen LogP contribution in [0.5, 0.6) is 0 Å². The summed E-state index contributed by atoms with van der Waals surface area (Å²) >= 11 is 0. The molecule has 0 amide bonds. The Kier molecular flexibility index (Phi) is 4.35. The van der Waals surface area contributed by atoms with E-state index in [1.807, 2.05) is 95.8 Å². The molecule has 0 aliphatic heterocycles. The van der Waals surface area contributed by atoms with E-state index in [1.165, 1.54) is 0 Å². The fraction of sp³-hybridized carbons (Fsp3) is 0. The third-order valence-electron chi connectivity index (χ3n) is 4.57. The van der Waals surface area contributed by atoms with Gasteiger partial charge in [-0.25, -0.2) is 15.1 Å². The van der Waals surface area contributed by atoms with Gasteiger partial charge >= 0.3 is 0 Å². The Bertz CT molecular complexity index is 1240. The molecule has 0 aliphatic rings. The van der Waals surface area contributed by atoms with Crippen molar-refractivity contribution in [1.29, 1.82) is 0 Å². The normalized spacial score (nSPS) is 11.3. The SMILES string of the molecule is C(=N\Nc1nc2ccccc2[nH]1)/c1cn(-c2ccccc2)nc1-c1ccccc1. The molecule has 0 spiro atoms. The maximum Gasteiger partial charge on any atom is 0.222 e. The minimum atomic E-state index is 0.596. The molecule has 2 aromatic heterocycles. The molecule has 2 heterocycles. The maximum atomic E-state index is 4.79. The number of fused-ring (bicyclic) bond motifs is 1. The van der Waals surface area contributed by atoms with Crippen molar-refractivity contribution in [2.45, 2.75) is 0 Å². The highest BCUT2D eigenvalue weighted by molar-refractivity contribution is 5.89. The van der Waals surface area contributed by atoms with Crippen molar-refractivity contribution >= 4 is 23.2 Å². The van der Waals surface area contributed by atoms with Crippen molar-refractivity contribution in [3.8, 4) is 16.9 Å². The summed E-state index contributed by atoms with van der Waals surface area (Å²) in [4.78, 5) is 7.68. The summed E-state index contributed by atoms with van der Waals surface area (Å²) in [5, 5.41) is 9.16. The zero-order valence-electron chi connectivity index (χ0n) is 15.5. The first-order valence-corrected chi connectivity index (χ1v) is 9.31. The molecule has 5 rings (SSSR count). The number of nitrogens with zero attached hydrogens (tertiary/aromatic N) is 4. The van der Waals surface area contributed by atoms with Crippen molar-refractivity contribution < 1.29 is 0 Å². The number of H-pyrrole nitrogens is 1.